The highest BCUT2D eigenvalue weighted by molar-refractivity contribution is 14.0. The van der Waals surface area contributed by atoms with E-state index in [1.807, 2.05) is 13.1 Å². The molecular weight excluding hydrogens is 431 g/mol. The Labute approximate surface area is 169 Å². The van der Waals surface area contributed by atoms with Gasteiger partial charge >= 0.3 is 0 Å². The number of halogens is 1. The molecule has 7 heteroatoms. The van der Waals surface area contributed by atoms with E-state index >= 15 is 0 Å². The van der Waals surface area contributed by atoms with E-state index in [9.17, 15) is 0 Å². The first-order valence-electron chi connectivity index (χ1n) is 8.95. The second-order valence-electron chi connectivity index (χ2n) is 6.24. The van der Waals surface area contributed by atoms with E-state index in [0.29, 0.717) is 5.92 Å². The number of rotatable bonds is 8. The van der Waals surface area contributed by atoms with Crippen molar-refractivity contribution in [1.29, 1.82) is 0 Å². The molecule has 1 fully saturated rings. The van der Waals surface area contributed by atoms with E-state index in [0.717, 1.165) is 57.5 Å². The summed E-state index contributed by atoms with van der Waals surface area (Å²) in [7, 11) is 3.62. The number of hydrogen-bond acceptors (Lipinski definition) is 4. The van der Waals surface area contributed by atoms with E-state index in [4.69, 9.17) is 9.15 Å². The Morgan fingerprint density at radius 1 is 1.48 bits per heavy atom. The first kappa shape index (κ1) is 22.2. The van der Waals surface area contributed by atoms with Crippen LogP contribution in [-0.4, -0.2) is 69.2 Å². The van der Waals surface area contributed by atoms with Crippen molar-refractivity contribution in [2.75, 3.05) is 53.5 Å². The summed E-state index contributed by atoms with van der Waals surface area (Å²) in [6.45, 7) is 9.99. The van der Waals surface area contributed by atoms with Gasteiger partial charge in [0.05, 0.1) is 18.9 Å². The van der Waals surface area contributed by atoms with Crippen LogP contribution in [0, 0.1) is 5.92 Å². The third-order valence-corrected chi connectivity index (χ3v) is 4.78. The molecule has 144 valence electrons. The highest BCUT2D eigenvalue weighted by Crippen LogP contribution is 2.21. The van der Waals surface area contributed by atoms with Gasteiger partial charge < -0.3 is 19.4 Å². The van der Waals surface area contributed by atoms with Crippen LogP contribution in [0.2, 0.25) is 0 Å². The molecule has 1 saturated heterocycles. The maximum atomic E-state index is 5.67. The molecule has 1 N–H and O–H groups in total. The van der Waals surface area contributed by atoms with Crippen molar-refractivity contribution >= 4 is 29.9 Å². The van der Waals surface area contributed by atoms with Crippen LogP contribution in [0.3, 0.4) is 0 Å². The van der Waals surface area contributed by atoms with Gasteiger partial charge in [0.25, 0.3) is 0 Å². The topological polar surface area (TPSA) is 53.2 Å². The van der Waals surface area contributed by atoms with Crippen LogP contribution >= 0.6 is 24.0 Å². The molecule has 2 rings (SSSR count). The monoisotopic (exact) mass is 464 g/mol. The molecule has 0 aliphatic carbocycles. The molecule has 25 heavy (non-hydrogen) atoms. The molecule has 0 radical (unpaired) electrons. The molecule has 2 unspecified atom stereocenters. The van der Waals surface area contributed by atoms with Crippen LogP contribution < -0.4 is 5.32 Å². The van der Waals surface area contributed by atoms with Gasteiger partial charge in [0, 0.05) is 39.7 Å². The molecule has 1 aliphatic rings. The van der Waals surface area contributed by atoms with Crippen molar-refractivity contribution in [2.45, 2.75) is 26.3 Å². The number of nitrogens with zero attached hydrogens (tertiary/aromatic N) is 3. The standard InChI is InChI=1S/C18H32N4O2.HI/c1-5-21(6-2)16(17-8-7-11-24-17)12-20-18(19-3)22-10-9-15(13-22)14-23-4;/h7-8,11,15-16H,5-6,9-10,12-14H2,1-4H3,(H,19,20);1H. The van der Waals surface area contributed by atoms with Gasteiger partial charge in [-0.25, -0.2) is 0 Å². The third-order valence-electron chi connectivity index (χ3n) is 4.78. The van der Waals surface area contributed by atoms with Gasteiger partial charge in [-0.15, -0.1) is 24.0 Å². The van der Waals surface area contributed by atoms with Gasteiger partial charge in [-0.05, 0) is 31.6 Å². The van der Waals surface area contributed by atoms with Gasteiger partial charge in [0.1, 0.15) is 5.76 Å². The van der Waals surface area contributed by atoms with Crippen molar-refractivity contribution in [3.05, 3.63) is 24.2 Å². The fourth-order valence-electron chi connectivity index (χ4n) is 3.47. The molecule has 0 aromatic carbocycles. The summed E-state index contributed by atoms with van der Waals surface area (Å²) in [6, 6.07) is 4.22. The number of guanidine groups is 1. The van der Waals surface area contributed by atoms with Crippen LogP contribution in [0.25, 0.3) is 0 Å². The number of furan rings is 1. The minimum atomic E-state index is 0. The molecular formula is C18H33IN4O2. The zero-order chi connectivity index (χ0) is 17.4. The molecule has 1 aromatic rings. The average molecular weight is 464 g/mol. The lowest BCUT2D eigenvalue weighted by molar-refractivity contribution is 0.157. The van der Waals surface area contributed by atoms with Crippen molar-refractivity contribution in [3.63, 3.8) is 0 Å². The van der Waals surface area contributed by atoms with Crippen molar-refractivity contribution in [2.24, 2.45) is 10.9 Å². The van der Waals surface area contributed by atoms with Crippen molar-refractivity contribution < 1.29 is 9.15 Å². The van der Waals surface area contributed by atoms with Gasteiger partial charge in [-0.1, -0.05) is 13.8 Å². The molecule has 0 bridgehead atoms. The minimum Gasteiger partial charge on any atom is -0.468 e. The summed E-state index contributed by atoms with van der Waals surface area (Å²) >= 11 is 0. The third kappa shape index (κ3) is 6.14. The van der Waals surface area contributed by atoms with E-state index in [-0.39, 0.29) is 30.0 Å². The zero-order valence-electron chi connectivity index (χ0n) is 15.9. The van der Waals surface area contributed by atoms with Gasteiger partial charge in [-0.3, -0.25) is 9.89 Å². The van der Waals surface area contributed by atoms with Crippen molar-refractivity contribution in [1.82, 2.24) is 15.1 Å². The zero-order valence-corrected chi connectivity index (χ0v) is 18.2. The number of hydrogen-bond donors (Lipinski definition) is 1. The second-order valence-corrected chi connectivity index (χ2v) is 6.24. The molecule has 6 nitrogen and oxygen atoms in total. The summed E-state index contributed by atoms with van der Waals surface area (Å²) in [5.41, 5.74) is 0. The number of likely N-dealkylation sites (N-methyl/N-ethyl adjacent to an activating group) is 1. The highest BCUT2D eigenvalue weighted by Gasteiger charge is 2.26. The normalized spacial score (nSPS) is 19.2. The summed E-state index contributed by atoms with van der Waals surface area (Å²) in [5, 5.41) is 3.54. The predicted molar refractivity (Wildman–Crippen MR) is 113 cm³/mol. The maximum Gasteiger partial charge on any atom is 0.193 e. The largest absolute Gasteiger partial charge is 0.468 e. The molecule has 2 heterocycles. The number of ether oxygens (including phenoxy) is 1. The number of likely N-dealkylation sites (tertiary alicyclic amines) is 1. The van der Waals surface area contributed by atoms with Crippen LogP contribution in [0.15, 0.2) is 27.8 Å². The number of methoxy groups -OCH3 is 1. The van der Waals surface area contributed by atoms with Crippen molar-refractivity contribution in [3.8, 4) is 0 Å². The summed E-state index contributed by atoms with van der Waals surface area (Å²) in [4.78, 5) is 9.19. The van der Waals surface area contributed by atoms with E-state index < -0.39 is 0 Å². The average Bonchev–Trinajstić information content (AvgIpc) is 3.27. The number of aliphatic imine (C=N–C) groups is 1. The lowest BCUT2D eigenvalue weighted by atomic mass is 10.1. The summed E-state index contributed by atoms with van der Waals surface area (Å²) in [6.07, 6.45) is 2.91. The van der Waals surface area contributed by atoms with Crippen LogP contribution in [0.4, 0.5) is 0 Å². The Hall–Kier alpha value is -0.800. The quantitative estimate of drug-likeness (QED) is 0.365. The second kappa shape index (κ2) is 11.7. The van der Waals surface area contributed by atoms with Gasteiger partial charge in [-0.2, -0.15) is 0 Å². The molecule has 2 atom stereocenters. The Bertz CT molecular complexity index is 491. The Kier molecular flexibility index (Phi) is 10.4. The van der Waals surface area contributed by atoms with E-state index in [1.165, 1.54) is 0 Å². The fourth-order valence-corrected chi connectivity index (χ4v) is 3.47. The van der Waals surface area contributed by atoms with Crippen LogP contribution in [0.5, 0.6) is 0 Å². The summed E-state index contributed by atoms with van der Waals surface area (Å²) in [5.74, 6) is 2.56. The first-order chi connectivity index (χ1) is 11.7. The molecule has 1 aliphatic heterocycles. The predicted octanol–water partition coefficient (Wildman–Crippen LogP) is 2.82. The SMILES string of the molecule is CCN(CC)C(CNC(=NC)N1CCC(COC)C1)c1ccco1.I. The van der Waals surface area contributed by atoms with Gasteiger partial charge in [0.15, 0.2) is 5.96 Å². The van der Waals surface area contributed by atoms with E-state index in [2.05, 4.69) is 40.0 Å². The lowest BCUT2D eigenvalue weighted by Crippen LogP contribution is -2.44. The van der Waals surface area contributed by atoms with Crippen LogP contribution in [-0.2, 0) is 4.74 Å². The summed E-state index contributed by atoms with van der Waals surface area (Å²) < 4.78 is 11.0. The Morgan fingerprint density at radius 2 is 2.24 bits per heavy atom. The number of nitrogens with one attached hydrogen (secondary N) is 1. The fraction of sp³-hybridized carbons (Fsp3) is 0.722. The van der Waals surface area contributed by atoms with Crippen LogP contribution in [0.1, 0.15) is 32.1 Å². The highest BCUT2D eigenvalue weighted by atomic mass is 127. The molecule has 1 aromatic heterocycles. The smallest absolute Gasteiger partial charge is 0.193 e. The molecule has 0 amide bonds. The molecule has 0 saturated carbocycles. The Morgan fingerprint density at radius 3 is 2.80 bits per heavy atom. The van der Waals surface area contributed by atoms with Gasteiger partial charge in [0.2, 0.25) is 0 Å². The Balaban J connectivity index is 0.00000312. The minimum absolute atomic E-state index is 0. The van der Waals surface area contributed by atoms with E-state index in [1.54, 1.807) is 13.4 Å². The lowest BCUT2D eigenvalue weighted by Gasteiger charge is -2.30. The maximum absolute atomic E-state index is 5.67. The molecule has 0 spiro atoms. The first-order valence-corrected chi connectivity index (χ1v) is 8.95.